The van der Waals surface area contributed by atoms with Gasteiger partial charge in [-0.15, -0.1) is 24.8 Å². The zero-order valence-electron chi connectivity index (χ0n) is 20.4. The molecule has 4 N–H and O–H groups in total. The number of aromatic amines is 1. The van der Waals surface area contributed by atoms with Crippen LogP contribution in [-0.2, 0) is 30.3 Å². The Morgan fingerprint density at radius 1 is 1.17 bits per heavy atom. The molecule has 2 aromatic rings. The Morgan fingerprint density at radius 2 is 1.89 bits per heavy atom. The summed E-state index contributed by atoms with van der Waals surface area (Å²) in [6.07, 6.45) is 2.20. The summed E-state index contributed by atoms with van der Waals surface area (Å²) in [6, 6.07) is 6.05. The fourth-order valence-electron chi connectivity index (χ4n) is 4.02. The molecule has 1 aromatic carbocycles. The number of nitrogens with one attached hydrogen (secondary N) is 3. The van der Waals surface area contributed by atoms with Crippen molar-refractivity contribution in [2.75, 3.05) is 46.0 Å². The first kappa shape index (κ1) is 31.7. The molecule has 0 radical (unpaired) electrons. The minimum absolute atomic E-state index is 0. The number of carboxylic acids is 1. The highest BCUT2D eigenvalue weighted by atomic mass is 35.5. The molecular formula is C24H36Cl2N4O6. The Morgan fingerprint density at radius 3 is 2.58 bits per heavy atom. The van der Waals surface area contributed by atoms with Gasteiger partial charge < -0.3 is 30.2 Å². The molecule has 1 aliphatic rings. The zero-order chi connectivity index (χ0) is 24.3. The van der Waals surface area contributed by atoms with Crippen LogP contribution in [0.15, 0.2) is 30.5 Å². The van der Waals surface area contributed by atoms with E-state index in [0.29, 0.717) is 26.3 Å². The fraction of sp³-hybridized carbons (Fsp3) is 0.542. The van der Waals surface area contributed by atoms with Gasteiger partial charge in [-0.05, 0) is 24.6 Å². The van der Waals surface area contributed by atoms with Crippen molar-refractivity contribution in [1.82, 2.24) is 20.5 Å². The van der Waals surface area contributed by atoms with E-state index in [2.05, 4.69) is 20.5 Å². The number of esters is 1. The van der Waals surface area contributed by atoms with Crippen molar-refractivity contribution in [3.05, 3.63) is 36.0 Å². The second kappa shape index (κ2) is 16.4. The van der Waals surface area contributed by atoms with Crippen LogP contribution in [0.2, 0.25) is 0 Å². The number of likely N-dealkylation sites (N-methyl/N-ethyl adjacent to an activating group) is 1. The number of H-pyrrole nitrogens is 1. The number of para-hydroxylation sites is 1. The first-order chi connectivity index (χ1) is 16.5. The summed E-state index contributed by atoms with van der Waals surface area (Å²) >= 11 is 0. The van der Waals surface area contributed by atoms with Crippen molar-refractivity contribution in [2.45, 2.75) is 38.3 Å². The number of ether oxygens (including phenoxy) is 2. The molecule has 1 saturated heterocycles. The lowest BCUT2D eigenvalue weighted by molar-refractivity contribution is -0.148. The van der Waals surface area contributed by atoms with Gasteiger partial charge in [-0.2, -0.15) is 0 Å². The van der Waals surface area contributed by atoms with E-state index < -0.39 is 24.0 Å². The highest BCUT2D eigenvalue weighted by Crippen LogP contribution is 2.19. The lowest BCUT2D eigenvalue weighted by Gasteiger charge is -2.26. The van der Waals surface area contributed by atoms with Gasteiger partial charge in [0.2, 0.25) is 5.91 Å². The molecule has 1 fully saturated rings. The number of halogens is 2. The van der Waals surface area contributed by atoms with E-state index in [1.165, 1.54) is 0 Å². The maximum Gasteiger partial charge on any atom is 0.329 e. The van der Waals surface area contributed by atoms with Crippen LogP contribution in [0, 0.1) is 0 Å². The van der Waals surface area contributed by atoms with E-state index in [1.54, 1.807) is 6.92 Å². The van der Waals surface area contributed by atoms with Crippen LogP contribution in [0.3, 0.4) is 0 Å². The summed E-state index contributed by atoms with van der Waals surface area (Å²) in [4.78, 5) is 42.2. The average molecular weight is 547 g/mol. The lowest BCUT2D eigenvalue weighted by atomic mass is 10.0. The number of nitrogens with zero attached hydrogens (tertiary/aromatic N) is 1. The van der Waals surface area contributed by atoms with Crippen LogP contribution >= 0.6 is 24.8 Å². The number of amides is 1. The second-order valence-corrected chi connectivity index (χ2v) is 8.29. The standard InChI is InChI=1S/C24H34N4O6.2ClH/c1-2-25-20(23(30)31)7-8-22(29)27-21(15-17-16-26-19-6-4-3-5-18(17)19)24(32)34-14-11-28-9-12-33-13-10-28;;/h3-6,16,20-21,25-26H,2,7-15H2,1H3,(H,27,29)(H,30,31);2*1H/t20-,21-;;/m1../s1. The smallest absolute Gasteiger partial charge is 0.329 e. The molecule has 0 saturated carbocycles. The molecule has 2 heterocycles. The normalized spacial score (nSPS) is 15.2. The van der Waals surface area contributed by atoms with E-state index in [-0.39, 0.29) is 56.6 Å². The van der Waals surface area contributed by atoms with Crippen LogP contribution in [0.5, 0.6) is 0 Å². The Kier molecular flexibility index (Phi) is 14.4. The maximum absolute atomic E-state index is 12.9. The highest BCUT2D eigenvalue weighted by molar-refractivity contribution is 5.87. The van der Waals surface area contributed by atoms with Gasteiger partial charge in [0.25, 0.3) is 0 Å². The summed E-state index contributed by atoms with van der Waals surface area (Å²) < 4.78 is 10.8. The number of hydrogen-bond donors (Lipinski definition) is 4. The molecule has 0 aliphatic carbocycles. The largest absolute Gasteiger partial charge is 0.480 e. The van der Waals surface area contributed by atoms with Gasteiger partial charge in [0, 0.05) is 49.6 Å². The molecule has 3 rings (SSSR count). The summed E-state index contributed by atoms with van der Waals surface area (Å²) in [5.74, 6) is -1.90. The predicted octanol–water partition coefficient (Wildman–Crippen LogP) is 1.76. The summed E-state index contributed by atoms with van der Waals surface area (Å²) in [6.45, 7) is 6.03. The third-order valence-corrected chi connectivity index (χ3v) is 5.88. The third kappa shape index (κ3) is 9.59. The van der Waals surface area contributed by atoms with E-state index >= 15 is 0 Å². The van der Waals surface area contributed by atoms with E-state index in [0.717, 1.165) is 29.6 Å². The van der Waals surface area contributed by atoms with Crippen molar-refractivity contribution < 1.29 is 29.0 Å². The van der Waals surface area contributed by atoms with Crippen molar-refractivity contribution in [3.8, 4) is 0 Å². The van der Waals surface area contributed by atoms with Crippen LogP contribution in [0.25, 0.3) is 10.9 Å². The van der Waals surface area contributed by atoms with Gasteiger partial charge in [-0.25, -0.2) is 4.79 Å². The number of fused-ring (bicyclic) bond motifs is 1. The summed E-state index contributed by atoms with van der Waals surface area (Å²) in [5, 5.41) is 15.9. The molecule has 1 amide bonds. The molecule has 0 spiro atoms. The second-order valence-electron chi connectivity index (χ2n) is 8.29. The minimum Gasteiger partial charge on any atom is -0.480 e. The van der Waals surface area contributed by atoms with Crippen molar-refractivity contribution >= 4 is 53.6 Å². The van der Waals surface area contributed by atoms with Crippen LogP contribution in [0.4, 0.5) is 0 Å². The van der Waals surface area contributed by atoms with Gasteiger partial charge >= 0.3 is 11.9 Å². The first-order valence-corrected chi connectivity index (χ1v) is 11.7. The molecular weight excluding hydrogens is 511 g/mol. The number of aromatic nitrogens is 1. The fourth-order valence-corrected chi connectivity index (χ4v) is 4.02. The number of rotatable bonds is 13. The monoisotopic (exact) mass is 546 g/mol. The zero-order valence-corrected chi connectivity index (χ0v) is 22.0. The quantitative estimate of drug-likeness (QED) is 0.279. The highest BCUT2D eigenvalue weighted by Gasteiger charge is 2.25. The van der Waals surface area contributed by atoms with Gasteiger partial charge in [0.05, 0.1) is 13.2 Å². The van der Waals surface area contributed by atoms with Gasteiger partial charge in [-0.1, -0.05) is 25.1 Å². The molecule has 0 bridgehead atoms. The average Bonchev–Trinajstić information content (AvgIpc) is 3.24. The Hall–Kier alpha value is -2.37. The van der Waals surface area contributed by atoms with Crippen LogP contribution < -0.4 is 10.6 Å². The van der Waals surface area contributed by atoms with E-state index in [1.807, 2.05) is 30.5 Å². The van der Waals surface area contributed by atoms with Crippen molar-refractivity contribution in [3.63, 3.8) is 0 Å². The minimum atomic E-state index is -1.01. The number of morpholine rings is 1. The lowest BCUT2D eigenvalue weighted by Crippen LogP contribution is -2.45. The number of benzene rings is 1. The maximum atomic E-state index is 12.9. The topological polar surface area (TPSA) is 133 Å². The number of carbonyl (C=O) groups excluding carboxylic acids is 2. The van der Waals surface area contributed by atoms with Crippen LogP contribution in [0.1, 0.15) is 25.3 Å². The van der Waals surface area contributed by atoms with Gasteiger partial charge in [-0.3, -0.25) is 14.5 Å². The van der Waals surface area contributed by atoms with Gasteiger partial charge in [0.1, 0.15) is 18.7 Å². The molecule has 12 heteroatoms. The van der Waals surface area contributed by atoms with E-state index in [9.17, 15) is 19.5 Å². The molecule has 36 heavy (non-hydrogen) atoms. The SMILES string of the molecule is CCN[C@H](CCC(=O)N[C@H](Cc1c[nH]c2ccccc12)C(=O)OCCN1CCOCC1)C(=O)O.Cl.Cl. The van der Waals surface area contributed by atoms with E-state index in [4.69, 9.17) is 9.47 Å². The van der Waals surface area contributed by atoms with Gasteiger partial charge in [0.15, 0.2) is 0 Å². The number of carboxylic acid groups (broad SMARTS) is 1. The molecule has 0 unspecified atom stereocenters. The molecule has 2 atom stereocenters. The Labute approximate surface area is 223 Å². The molecule has 202 valence electrons. The molecule has 10 nitrogen and oxygen atoms in total. The molecule has 1 aliphatic heterocycles. The third-order valence-electron chi connectivity index (χ3n) is 5.88. The Bertz CT molecular complexity index is 967. The van der Waals surface area contributed by atoms with Crippen LogP contribution in [-0.4, -0.2) is 90.9 Å². The number of aliphatic carboxylic acids is 1. The Balaban J connectivity index is 0.00000324. The molecule has 1 aromatic heterocycles. The summed E-state index contributed by atoms with van der Waals surface area (Å²) in [5.41, 5.74) is 1.83. The van der Waals surface area contributed by atoms with Crippen molar-refractivity contribution in [2.24, 2.45) is 0 Å². The number of hydrogen-bond acceptors (Lipinski definition) is 7. The summed E-state index contributed by atoms with van der Waals surface area (Å²) in [7, 11) is 0. The first-order valence-electron chi connectivity index (χ1n) is 11.7. The predicted molar refractivity (Wildman–Crippen MR) is 141 cm³/mol. The van der Waals surface area contributed by atoms with Crippen molar-refractivity contribution in [1.29, 1.82) is 0 Å². The number of carbonyl (C=O) groups is 3.